The molecule has 2 spiro atoms. The predicted molar refractivity (Wildman–Crippen MR) is 134 cm³/mol. The Balaban J connectivity index is 1.20. The molecule has 0 aromatic carbocycles. The Labute approximate surface area is 220 Å². The lowest BCUT2D eigenvalue weighted by Crippen LogP contribution is -2.62. The molecule has 1 aromatic heterocycles. The fourth-order valence-corrected chi connectivity index (χ4v) is 11.4. The summed E-state index contributed by atoms with van der Waals surface area (Å²) < 4.78 is 24.5. The lowest BCUT2D eigenvalue weighted by atomic mass is 9.44. The number of hydrogen-bond donors (Lipinski definition) is 1. The molecule has 10 atom stereocenters. The zero-order valence-electron chi connectivity index (χ0n) is 22.8. The Morgan fingerprint density at radius 3 is 2.59 bits per heavy atom. The molecule has 2 heterocycles. The SMILES string of the molecule is CC(=O)O[C@@H](c1cc(CO)on1)[C@@H](C)[C@H]1CC[C@H]2[C@@H]3CC4(OCCO4)[C@]45C[C@H]4CC[C@]5(C)[C@H]3CC[C@]12C. The standard InChI is InChI=1S/C30H43NO6/c1-17(26(36-18(2)33)25-13-20(16-32)37-31-25)22-5-6-23-21-15-30(34-11-12-35-30)29-14-19(29)7-10-28(29,4)24(21)8-9-27(22,23)3/h13,17,19,21-24,26,32H,5-12,14-16H2,1-4H3/t17-,19+,21-,22+,23-,24-,26+,27+,28+,29+/m0/s1. The molecule has 37 heavy (non-hydrogen) atoms. The molecule has 204 valence electrons. The van der Waals surface area contributed by atoms with E-state index >= 15 is 0 Å². The number of nitrogens with zero attached hydrogens (tertiary/aromatic N) is 1. The van der Waals surface area contributed by atoms with Crippen molar-refractivity contribution in [3.8, 4) is 0 Å². The fraction of sp³-hybridized carbons (Fsp3) is 0.867. The van der Waals surface area contributed by atoms with Crippen LogP contribution in [0.15, 0.2) is 10.6 Å². The summed E-state index contributed by atoms with van der Waals surface area (Å²) in [6.07, 6.45) is 9.40. The molecule has 0 radical (unpaired) electrons. The second-order valence-corrected chi connectivity index (χ2v) is 13.9. The smallest absolute Gasteiger partial charge is 0.303 e. The van der Waals surface area contributed by atoms with Gasteiger partial charge in [0.1, 0.15) is 18.4 Å². The van der Waals surface area contributed by atoms with Crippen molar-refractivity contribution in [2.24, 2.45) is 51.8 Å². The van der Waals surface area contributed by atoms with Crippen LogP contribution < -0.4 is 0 Å². The number of ether oxygens (including phenoxy) is 3. The minimum Gasteiger partial charge on any atom is -0.456 e. The van der Waals surface area contributed by atoms with Gasteiger partial charge in [0.25, 0.3) is 0 Å². The zero-order chi connectivity index (χ0) is 25.8. The van der Waals surface area contributed by atoms with E-state index in [1.54, 1.807) is 6.07 Å². The van der Waals surface area contributed by atoms with Crippen LogP contribution in [0.1, 0.15) is 96.6 Å². The predicted octanol–water partition coefficient (Wildman–Crippen LogP) is 5.42. The summed E-state index contributed by atoms with van der Waals surface area (Å²) in [5, 5.41) is 13.7. The van der Waals surface area contributed by atoms with Crippen molar-refractivity contribution >= 4 is 5.97 Å². The van der Waals surface area contributed by atoms with Crippen LogP contribution in [-0.2, 0) is 25.6 Å². The molecule has 7 rings (SSSR count). The molecule has 7 nitrogen and oxygen atoms in total. The lowest BCUT2D eigenvalue weighted by Gasteiger charge is -2.63. The highest BCUT2D eigenvalue weighted by atomic mass is 16.7. The van der Waals surface area contributed by atoms with Crippen LogP contribution in [-0.4, -0.2) is 35.2 Å². The maximum absolute atomic E-state index is 12.1. The highest BCUT2D eigenvalue weighted by Gasteiger charge is 2.83. The fourth-order valence-electron chi connectivity index (χ4n) is 11.4. The van der Waals surface area contributed by atoms with E-state index in [4.69, 9.17) is 18.7 Å². The molecule has 1 aliphatic heterocycles. The monoisotopic (exact) mass is 513 g/mol. The quantitative estimate of drug-likeness (QED) is 0.526. The molecule has 5 aliphatic carbocycles. The molecular formula is C30H43NO6. The number of carbonyl (C=O) groups is 1. The van der Waals surface area contributed by atoms with E-state index < -0.39 is 6.10 Å². The number of rotatable bonds is 5. The van der Waals surface area contributed by atoms with Gasteiger partial charge < -0.3 is 23.8 Å². The van der Waals surface area contributed by atoms with Crippen molar-refractivity contribution in [1.29, 1.82) is 0 Å². The third-order valence-corrected chi connectivity index (χ3v) is 12.8. The van der Waals surface area contributed by atoms with Crippen LogP contribution >= 0.6 is 0 Å². The van der Waals surface area contributed by atoms with Gasteiger partial charge in [0.05, 0.1) is 13.2 Å². The van der Waals surface area contributed by atoms with Crippen LogP contribution in [0.25, 0.3) is 0 Å². The summed E-state index contributed by atoms with van der Waals surface area (Å²) in [6, 6.07) is 1.74. The molecule has 6 aliphatic rings. The van der Waals surface area contributed by atoms with Crippen molar-refractivity contribution in [2.45, 2.75) is 97.6 Å². The van der Waals surface area contributed by atoms with E-state index in [2.05, 4.69) is 25.9 Å². The first-order valence-electron chi connectivity index (χ1n) is 14.7. The number of aliphatic hydroxyl groups is 1. The molecular weight excluding hydrogens is 470 g/mol. The van der Waals surface area contributed by atoms with E-state index in [9.17, 15) is 9.90 Å². The van der Waals surface area contributed by atoms with Gasteiger partial charge in [0.2, 0.25) is 0 Å². The largest absolute Gasteiger partial charge is 0.456 e. The number of aromatic nitrogens is 1. The van der Waals surface area contributed by atoms with Crippen LogP contribution in [0.3, 0.4) is 0 Å². The van der Waals surface area contributed by atoms with Crippen molar-refractivity contribution in [3.63, 3.8) is 0 Å². The van der Waals surface area contributed by atoms with Crippen LogP contribution in [0.4, 0.5) is 0 Å². The van der Waals surface area contributed by atoms with Crippen molar-refractivity contribution in [1.82, 2.24) is 5.16 Å². The van der Waals surface area contributed by atoms with E-state index in [0.717, 1.165) is 37.9 Å². The average molecular weight is 514 g/mol. The Hall–Kier alpha value is -1.44. The first kappa shape index (κ1) is 24.6. The van der Waals surface area contributed by atoms with E-state index in [-0.39, 0.29) is 35.1 Å². The molecule has 0 unspecified atom stereocenters. The van der Waals surface area contributed by atoms with Gasteiger partial charge in [-0.05, 0) is 85.4 Å². The second-order valence-electron chi connectivity index (χ2n) is 13.9. The lowest BCUT2D eigenvalue weighted by molar-refractivity contribution is -0.294. The Morgan fingerprint density at radius 1 is 1.14 bits per heavy atom. The molecule has 6 fully saturated rings. The summed E-state index contributed by atoms with van der Waals surface area (Å²) >= 11 is 0. The van der Waals surface area contributed by atoms with Gasteiger partial charge in [-0.25, -0.2) is 0 Å². The van der Waals surface area contributed by atoms with Crippen LogP contribution in [0.2, 0.25) is 0 Å². The summed E-state index contributed by atoms with van der Waals surface area (Å²) in [5.74, 6) is 3.02. The summed E-state index contributed by atoms with van der Waals surface area (Å²) in [5.41, 5.74) is 1.34. The molecule has 0 bridgehead atoms. The second kappa shape index (κ2) is 8.04. The van der Waals surface area contributed by atoms with Gasteiger partial charge in [-0.15, -0.1) is 0 Å². The Kier molecular flexibility index (Phi) is 5.35. The number of hydrogen-bond acceptors (Lipinski definition) is 7. The topological polar surface area (TPSA) is 91.0 Å². The number of carbonyl (C=O) groups excluding carboxylic acids is 1. The minimum atomic E-state index is -0.470. The highest BCUT2D eigenvalue weighted by Crippen LogP contribution is 2.85. The Bertz CT molecular complexity index is 1080. The normalized spacial score (nSPS) is 46.6. The Morgan fingerprint density at radius 2 is 1.92 bits per heavy atom. The summed E-state index contributed by atoms with van der Waals surface area (Å²) in [7, 11) is 0. The first-order valence-corrected chi connectivity index (χ1v) is 14.7. The number of fused-ring (bicyclic) bond motifs is 4. The maximum atomic E-state index is 12.1. The van der Waals surface area contributed by atoms with Gasteiger partial charge in [0, 0.05) is 30.7 Å². The van der Waals surface area contributed by atoms with Gasteiger partial charge in [0.15, 0.2) is 11.5 Å². The van der Waals surface area contributed by atoms with E-state index in [1.807, 2.05) is 0 Å². The third kappa shape index (κ3) is 3.05. The first-order chi connectivity index (χ1) is 17.7. The van der Waals surface area contributed by atoms with Crippen molar-refractivity contribution < 1.29 is 28.6 Å². The highest BCUT2D eigenvalue weighted by molar-refractivity contribution is 5.66. The van der Waals surface area contributed by atoms with E-state index in [1.165, 1.54) is 45.4 Å². The molecule has 0 amide bonds. The summed E-state index contributed by atoms with van der Waals surface area (Å²) in [4.78, 5) is 12.1. The molecule has 7 heteroatoms. The van der Waals surface area contributed by atoms with Gasteiger partial charge in [-0.3, -0.25) is 4.79 Å². The minimum absolute atomic E-state index is 0.102. The molecule has 5 saturated carbocycles. The van der Waals surface area contributed by atoms with Crippen molar-refractivity contribution in [2.75, 3.05) is 13.2 Å². The zero-order valence-corrected chi connectivity index (χ0v) is 22.8. The summed E-state index contributed by atoms with van der Waals surface area (Å²) in [6.45, 7) is 10.1. The van der Waals surface area contributed by atoms with Gasteiger partial charge in [-0.1, -0.05) is 25.9 Å². The van der Waals surface area contributed by atoms with Gasteiger partial charge in [-0.2, -0.15) is 0 Å². The number of esters is 1. The van der Waals surface area contributed by atoms with Gasteiger partial charge >= 0.3 is 5.97 Å². The molecule has 1 aromatic rings. The molecule has 1 saturated heterocycles. The third-order valence-electron chi connectivity index (χ3n) is 12.8. The molecule has 1 N–H and O–H groups in total. The maximum Gasteiger partial charge on any atom is 0.303 e. The number of aliphatic hydroxyl groups excluding tert-OH is 1. The van der Waals surface area contributed by atoms with Crippen LogP contribution in [0, 0.1) is 51.8 Å². The van der Waals surface area contributed by atoms with E-state index in [0.29, 0.717) is 34.6 Å². The van der Waals surface area contributed by atoms with Crippen molar-refractivity contribution in [3.05, 3.63) is 17.5 Å². The average Bonchev–Trinajstić information content (AvgIpc) is 3.30. The van der Waals surface area contributed by atoms with Crippen LogP contribution in [0.5, 0.6) is 0 Å².